The molecule has 2 rings (SSSR count). The average Bonchev–Trinajstić information content (AvgIpc) is 2.53. The van der Waals surface area contributed by atoms with E-state index in [1.807, 2.05) is 25.7 Å². The number of nitrogens with zero attached hydrogens (tertiary/aromatic N) is 1. The molecule has 104 valence electrons. The standard InChI is InChI=1S/C14H26N2O2/c1-13(2,3)18-12(17)16-9-8-14(4,10-16)15-11-6-5-7-11/h11,15H,5-10H2,1-4H3/t14-/m1/s1. The van der Waals surface area contributed by atoms with Gasteiger partial charge in [0.2, 0.25) is 0 Å². The molecule has 2 fully saturated rings. The van der Waals surface area contributed by atoms with Gasteiger partial charge in [0.25, 0.3) is 0 Å². The van der Waals surface area contributed by atoms with Gasteiger partial charge in [0.05, 0.1) is 0 Å². The Bertz CT molecular complexity index is 320. The maximum Gasteiger partial charge on any atom is 0.410 e. The van der Waals surface area contributed by atoms with Crippen molar-refractivity contribution < 1.29 is 9.53 Å². The van der Waals surface area contributed by atoms with Gasteiger partial charge in [-0.05, 0) is 47.0 Å². The van der Waals surface area contributed by atoms with Gasteiger partial charge in [-0.2, -0.15) is 0 Å². The number of carbonyl (C=O) groups excluding carboxylic acids is 1. The molecule has 18 heavy (non-hydrogen) atoms. The molecule has 1 atom stereocenters. The van der Waals surface area contributed by atoms with Crippen LogP contribution in [0.3, 0.4) is 0 Å². The summed E-state index contributed by atoms with van der Waals surface area (Å²) in [5, 5.41) is 3.69. The molecule has 0 bridgehead atoms. The predicted octanol–water partition coefficient (Wildman–Crippen LogP) is 2.53. The van der Waals surface area contributed by atoms with Crippen molar-refractivity contribution >= 4 is 6.09 Å². The Kier molecular flexibility index (Phi) is 3.58. The molecule has 1 amide bonds. The summed E-state index contributed by atoms with van der Waals surface area (Å²) < 4.78 is 5.42. The predicted molar refractivity (Wildman–Crippen MR) is 71.6 cm³/mol. The van der Waals surface area contributed by atoms with Crippen LogP contribution in [0.25, 0.3) is 0 Å². The number of hydrogen-bond donors (Lipinski definition) is 1. The lowest BCUT2D eigenvalue weighted by molar-refractivity contribution is 0.0279. The Balaban J connectivity index is 1.84. The molecule has 0 unspecified atom stereocenters. The van der Waals surface area contributed by atoms with E-state index in [2.05, 4.69) is 12.2 Å². The van der Waals surface area contributed by atoms with Gasteiger partial charge in [-0.3, -0.25) is 0 Å². The number of hydrogen-bond acceptors (Lipinski definition) is 3. The van der Waals surface area contributed by atoms with Crippen molar-refractivity contribution in [3.63, 3.8) is 0 Å². The summed E-state index contributed by atoms with van der Waals surface area (Å²) in [6, 6.07) is 0.661. The molecule has 1 N–H and O–H groups in total. The maximum atomic E-state index is 12.0. The molecule has 1 saturated carbocycles. The fourth-order valence-electron chi connectivity index (χ4n) is 2.61. The lowest BCUT2D eigenvalue weighted by atomic mass is 9.89. The van der Waals surface area contributed by atoms with E-state index < -0.39 is 5.60 Å². The monoisotopic (exact) mass is 254 g/mol. The number of carbonyl (C=O) groups is 1. The molecule has 4 heteroatoms. The first-order chi connectivity index (χ1) is 8.27. The van der Waals surface area contributed by atoms with Gasteiger partial charge in [-0.15, -0.1) is 0 Å². The minimum Gasteiger partial charge on any atom is -0.444 e. The van der Waals surface area contributed by atoms with Gasteiger partial charge in [0.15, 0.2) is 0 Å². The van der Waals surface area contributed by atoms with Crippen molar-refractivity contribution in [1.29, 1.82) is 0 Å². The van der Waals surface area contributed by atoms with Crippen LogP contribution < -0.4 is 5.32 Å². The first-order valence-electron chi connectivity index (χ1n) is 7.03. The van der Waals surface area contributed by atoms with Crippen LogP contribution in [0.4, 0.5) is 4.79 Å². The molecule has 1 aliphatic heterocycles. The van der Waals surface area contributed by atoms with Crippen LogP contribution in [0.5, 0.6) is 0 Å². The molecule has 0 aromatic carbocycles. The fourth-order valence-corrected chi connectivity index (χ4v) is 2.61. The van der Waals surface area contributed by atoms with E-state index >= 15 is 0 Å². The molecule has 1 saturated heterocycles. The topological polar surface area (TPSA) is 41.6 Å². The number of nitrogens with one attached hydrogen (secondary N) is 1. The van der Waals surface area contributed by atoms with Crippen molar-refractivity contribution in [2.45, 2.75) is 70.6 Å². The molecule has 0 spiro atoms. The molecule has 4 nitrogen and oxygen atoms in total. The third-order valence-electron chi connectivity index (χ3n) is 3.78. The second-order valence-electron chi connectivity index (χ2n) is 6.98. The Hall–Kier alpha value is -0.770. The lowest BCUT2D eigenvalue weighted by Crippen LogP contribution is -2.52. The first kappa shape index (κ1) is 13.7. The molecule has 2 aliphatic rings. The van der Waals surface area contributed by atoms with Gasteiger partial charge in [-0.25, -0.2) is 4.79 Å². The summed E-state index contributed by atoms with van der Waals surface area (Å²) >= 11 is 0. The van der Waals surface area contributed by atoms with Crippen LogP contribution in [0.2, 0.25) is 0 Å². The normalized spacial score (nSPS) is 29.2. The summed E-state index contributed by atoms with van der Waals surface area (Å²) in [5.74, 6) is 0. The van der Waals surface area contributed by atoms with Crippen molar-refractivity contribution in [2.24, 2.45) is 0 Å². The van der Waals surface area contributed by atoms with Gasteiger partial charge in [0, 0.05) is 24.7 Å². The summed E-state index contributed by atoms with van der Waals surface area (Å²) in [7, 11) is 0. The molecule has 1 aliphatic carbocycles. The molecule has 1 heterocycles. The highest BCUT2D eigenvalue weighted by Gasteiger charge is 2.39. The largest absolute Gasteiger partial charge is 0.444 e. The van der Waals surface area contributed by atoms with E-state index in [1.54, 1.807) is 0 Å². The van der Waals surface area contributed by atoms with E-state index in [0.717, 1.165) is 19.5 Å². The zero-order chi connectivity index (χ0) is 13.4. The molecule has 0 aromatic rings. The SMILES string of the molecule is CC(C)(C)OC(=O)N1CC[C@@](C)(NC2CCC2)C1. The van der Waals surface area contributed by atoms with Crippen LogP contribution in [-0.2, 0) is 4.74 Å². The second-order valence-corrected chi connectivity index (χ2v) is 6.98. The van der Waals surface area contributed by atoms with Gasteiger partial charge >= 0.3 is 6.09 Å². The van der Waals surface area contributed by atoms with E-state index in [4.69, 9.17) is 4.74 Å². The van der Waals surface area contributed by atoms with Crippen LogP contribution in [-0.4, -0.2) is 41.3 Å². The average molecular weight is 254 g/mol. The quantitative estimate of drug-likeness (QED) is 0.823. The summed E-state index contributed by atoms with van der Waals surface area (Å²) in [6.45, 7) is 9.51. The van der Waals surface area contributed by atoms with Crippen molar-refractivity contribution in [3.8, 4) is 0 Å². The highest BCUT2D eigenvalue weighted by atomic mass is 16.6. The molecule has 0 aromatic heterocycles. The maximum absolute atomic E-state index is 12.0. The van der Waals surface area contributed by atoms with Crippen molar-refractivity contribution in [3.05, 3.63) is 0 Å². The van der Waals surface area contributed by atoms with Gasteiger partial charge in [0.1, 0.15) is 5.60 Å². The molecular formula is C14H26N2O2. The summed E-state index contributed by atoms with van der Waals surface area (Å²) in [5.41, 5.74) is -0.334. The number of rotatable bonds is 2. The van der Waals surface area contributed by atoms with Crippen molar-refractivity contribution in [2.75, 3.05) is 13.1 Å². The Labute approximate surface area is 110 Å². The van der Waals surface area contributed by atoms with E-state index in [-0.39, 0.29) is 11.6 Å². The van der Waals surface area contributed by atoms with Crippen LogP contribution in [0.15, 0.2) is 0 Å². The fraction of sp³-hybridized carbons (Fsp3) is 0.929. The van der Waals surface area contributed by atoms with E-state index in [0.29, 0.717) is 6.04 Å². The number of likely N-dealkylation sites (tertiary alicyclic amines) is 1. The van der Waals surface area contributed by atoms with Crippen LogP contribution >= 0.6 is 0 Å². The van der Waals surface area contributed by atoms with Crippen LogP contribution in [0, 0.1) is 0 Å². The van der Waals surface area contributed by atoms with E-state index in [9.17, 15) is 4.79 Å². The lowest BCUT2D eigenvalue weighted by Gasteiger charge is -2.36. The molecular weight excluding hydrogens is 228 g/mol. The minimum absolute atomic E-state index is 0.0714. The summed E-state index contributed by atoms with van der Waals surface area (Å²) in [4.78, 5) is 13.8. The summed E-state index contributed by atoms with van der Waals surface area (Å²) in [6.07, 6.45) is 4.73. The third kappa shape index (κ3) is 3.37. The highest BCUT2D eigenvalue weighted by molar-refractivity contribution is 5.68. The highest BCUT2D eigenvalue weighted by Crippen LogP contribution is 2.27. The zero-order valence-electron chi connectivity index (χ0n) is 12.1. The van der Waals surface area contributed by atoms with E-state index in [1.165, 1.54) is 19.3 Å². The third-order valence-corrected chi connectivity index (χ3v) is 3.78. The Morgan fingerprint density at radius 2 is 2.06 bits per heavy atom. The smallest absolute Gasteiger partial charge is 0.410 e. The molecule has 0 radical (unpaired) electrons. The Morgan fingerprint density at radius 1 is 1.39 bits per heavy atom. The zero-order valence-corrected chi connectivity index (χ0v) is 12.1. The van der Waals surface area contributed by atoms with Gasteiger partial charge < -0.3 is 15.0 Å². The Morgan fingerprint density at radius 3 is 2.56 bits per heavy atom. The van der Waals surface area contributed by atoms with Crippen molar-refractivity contribution in [1.82, 2.24) is 10.2 Å². The number of amides is 1. The minimum atomic E-state index is -0.405. The second kappa shape index (κ2) is 4.72. The van der Waals surface area contributed by atoms with Gasteiger partial charge in [-0.1, -0.05) is 6.42 Å². The first-order valence-corrected chi connectivity index (χ1v) is 7.03. The number of ether oxygens (including phenoxy) is 1. The van der Waals surface area contributed by atoms with Crippen LogP contribution in [0.1, 0.15) is 53.4 Å².